The standard InChI is InChI=1S/C20H38N4O3/c1-5-22-13-15-23(16-14-22)10-6-9-21-18(25)17-7-11-24(12-8-17)19(26)27-20(2,3)4/h17H,5-16H2,1-4H3,(H,21,25). The Labute approximate surface area is 164 Å². The van der Waals surface area contributed by atoms with E-state index >= 15 is 0 Å². The molecule has 0 aromatic heterocycles. The minimum Gasteiger partial charge on any atom is -0.444 e. The van der Waals surface area contributed by atoms with Gasteiger partial charge in [-0.05, 0) is 53.1 Å². The fourth-order valence-electron chi connectivity index (χ4n) is 3.64. The SMILES string of the molecule is CCN1CCN(CCCNC(=O)C2CCN(C(=O)OC(C)(C)C)CC2)CC1. The number of hydrogen-bond acceptors (Lipinski definition) is 5. The van der Waals surface area contributed by atoms with Crippen molar-refractivity contribution in [1.29, 1.82) is 0 Å². The smallest absolute Gasteiger partial charge is 0.410 e. The van der Waals surface area contributed by atoms with Crippen molar-refractivity contribution in [3.05, 3.63) is 0 Å². The van der Waals surface area contributed by atoms with Crippen LogP contribution in [0.2, 0.25) is 0 Å². The third kappa shape index (κ3) is 7.66. The van der Waals surface area contributed by atoms with Gasteiger partial charge in [-0.3, -0.25) is 4.79 Å². The first kappa shape index (κ1) is 22.0. The lowest BCUT2D eigenvalue weighted by atomic mass is 9.96. The van der Waals surface area contributed by atoms with Crippen LogP contribution in [0.1, 0.15) is 47.0 Å². The molecule has 0 unspecified atom stereocenters. The van der Waals surface area contributed by atoms with E-state index in [9.17, 15) is 9.59 Å². The lowest BCUT2D eigenvalue weighted by Crippen LogP contribution is -2.47. The van der Waals surface area contributed by atoms with Crippen molar-refractivity contribution >= 4 is 12.0 Å². The molecule has 2 saturated heterocycles. The first-order chi connectivity index (χ1) is 12.8. The molecule has 0 saturated carbocycles. The van der Waals surface area contributed by atoms with E-state index in [0.29, 0.717) is 25.9 Å². The Kier molecular flexibility index (Phi) is 8.35. The summed E-state index contributed by atoms with van der Waals surface area (Å²) in [6.45, 7) is 16.5. The summed E-state index contributed by atoms with van der Waals surface area (Å²) in [5.74, 6) is 0.145. The fourth-order valence-corrected chi connectivity index (χ4v) is 3.64. The molecule has 2 rings (SSSR count). The van der Waals surface area contributed by atoms with Gasteiger partial charge in [-0.15, -0.1) is 0 Å². The third-order valence-corrected chi connectivity index (χ3v) is 5.38. The number of ether oxygens (including phenoxy) is 1. The Balaban J connectivity index is 1.58. The number of nitrogens with zero attached hydrogens (tertiary/aromatic N) is 3. The van der Waals surface area contributed by atoms with Crippen LogP contribution in [0.15, 0.2) is 0 Å². The van der Waals surface area contributed by atoms with Crippen molar-refractivity contribution in [2.75, 3.05) is 58.9 Å². The average Bonchev–Trinajstić information content (AvgIpc) is 2.64. The monoisotopic (exact) mass is 382 g/mol. The molecule has 0 aromatic carbocycles. The Bertz CT molecular complexity index is 476. The van der Waals surface area contributed by atoms with Crippen molar-refractivity contribution in [2.24, 2.45) is 5.92 Å². The largest absolute Gasteiger partial charge is 0.444 e. The normalized spacial score (nSPS) is 20.5. The van der Waals surface area contributed by atoms with Crippen LogP contribution in [0.4, 0.5) is 4.79 Å². The van der Waals surface area contributed by atoms with E-state index in [-0.39, 0.29) is 17.9 Å². The van der Waals surface area contributed by atoms with Crippen LogP contribution in [0.25, 0.3) is 0 Å². The van der Waals surface area contributed by atoms with E-state index in [4.69, 9.17) is 4.74 Å². The van der Waals surface area contributed by atoms with Gasteiger partial charge >= 0.3 is 6.09 Å². The molecule has 2 aliphatic rings. The number of piperidine rings is 1. The summed E-state index contributed by atoms with van der Waals surface area (Å²) in [7, 11) is 0. The second-order valence-electron chi connectivity index (χ2n) is 8.66. The molecule has 2 aliphatic heterocycles. The summed E-state index contributed by atoms with van der Waals surface area (Å²) in [5.41, 5.74) is -0.478. The predicted molar refractivity (Wildman–Crippen MR) is 107 cm³/mol. The van der Waals surface area contributed by atoms with Crippen molar-refractivity contribution in [3.63, 3.8) is 0 Å². The lowest BCUT2D eigenvalue weighted by Gasteiger charge is -2.34. The zero-order valence-corrected chi connectivity index (χ0v) is 17.6. The molecular weight excluding hydrogens is 344 g/mol. The number of carbonyl (C=O) groups is 2. The van der Waals surface area contributed by atoms with E-state index in [1.165, 1.54) is 0 Å². The molecule has 0 spiro atoms. The molecule has 7 heteroatoms. The van der Waals surface area contributed by atoms with Crippen molar-refractivity contribution in [1.82, 2.24) is 20.0 Å². The molecule has 0 bridgehead atoms. The van der Waals surface area contributed by atoms with Gasteiger partial charge in [-0.25, -0.2) is 4.79 Å². The molecule has 2 fully saturated rings. The summed E-state index contributed by atoms with van der Waals surface area (Å²) in [6.07, 6.45) is 2.15. The number of piperazine rings is 1. The van der Waals surface area contributed by atoms with Crippen LogP contribution < -0.4 is 5.32 Å². The molecule has 1 N–H and O–H groups in total. The summed E-state index contributed by atoms with van der Waals surface area (Å²) in [5, 5.41) is 3.08. The molecular formula is C20H38N4O3. The van der Waals surface area contributed by atoms with Gasteiger partial charge in [0.1, 0.15) is 5.60 Å². The second-order valence-corrected chi connectivity index (χ2v) is 8.66. The first-order valence-electron chi connectivity index (χ1n) is 10.5. The number of likely N-dealkylation sites (tertiary alicyclic amines) is 1. The number of hydrogen-bond donors (Lipinski definition) is 1. The highest BCUT2D eigenvalue weighted by atomic mass is 16.6. The number of nitrogens with one attached hydrogen (secondary N) is 1. The molecule has 27 heavy (non-hydrogen) atoms. The van der Waals surface area contributed by atoms with Gasteiger partial charge in [-0.2, -0.15) is 0 Å². The third-order valence-electron chi connectivity index (χ3n) is 5.38. The highest BCUT2D eigenvalue weighted by Crippen LogP contribution is 2.19. The van der Waals surface area contributed by atoms with E-state index in [2.05, 4.69) is 22.0 Å². The van der Waals surface area contributed by atoms with Gasteiger partial charge in [0.25, 0.3) is 0 Å². The molecule has 0 radical (unpaired) electrons. The van der Waals surface area contributed by atoms with E-state index in [1.54, 1.807) is 4.90 Å². The summed E-state index contributed by atoms with van der Waals surface area (Å²) >= 11 is 0. The van der Waals surface area contributed by atoms with Crippen LogP contribution in [0.5, 0.6) is 0 Å². The van der Waals surface area contributed by atoms with Crippen molar-refractivity contribution < 1.29 is 14.3 Å². The highest BCUT2D eigenvalue weighted by molar-refractivity contribution is 5.79. The van der Waals surface area contributed by atoms with Gasteiger partial charge in [0.2, 0.25) is 5.91 Å². The van der Waals surface area contributed by atoms with Gasteiger partial charge < -0.3 is 24.8 Å². The molecule has 156 valence electrons. The van der Waals surface area contributed by atoms with Crippen LogP contribution >= 0.6 is 0 Å². The predicted octanol–water partition coefficient (Wildman–Crippen LogP) is 1.78. The zero-order valence-electron chi connectivity index (χ0n) is 17.6. The number of rotatable bonds is 6. The fraction of sp³-hybridized carbons (Fsp3) is 0.900. The van der Waals surface area contributed by atoms with Gasteiger partial charge in [0, 0.05) is 51.7 Å². The summed E-state index contributed by atoms with van der Waals surface area (Å²) < 4.78 is 5.40. The van der Waals surface area contributed by atoms with Crippen LogP contribution in [-0.4, -0.2) is 91.2 Å². The van der Waals surface area contributed by atoms with Gasteiger partial charge in [0.05, 0.1) is 0 Å². The minimum atomic E-state index is -0.478. The Morgan fingerprint density at radius 2 is 1.59 bits per heavy atom. The lowest BCUT2D eigenvalue weighted by molar-refractivity contribution is -0.126. The summed E-state index contributed by atoms with van der Waals surface area (Å²) in [4.78, 5) is 31.1. The van der Waals surface area contributed by atoms with E-state index in [0.717, 1.165) is 52.2 Å². The maximum atomic E-state index is 12.4. The minimum absolute atomic E-state index is 0.0109. The molecule has 0 aliphatic carbocycles. The Morgan fingerprint density at radius 3 is 2.15 bits per heavy atom. The van der Waals surface area contributed by atoms with Gasteiger partial charge in [-0.1, -0.05) is 6.92 Å². The average molecular weight is 383 g/mol. The molecule has 0 atom stereocenters. The van der Waals surface area contributed by atoms with Crippen LogP contribution in [0, 0.1) is 5.92 Å². The number of likely N-dealkylation sites (N-methyl/N-ethyl adjacent to an activating group) is 1. The molecule has 0 aromatic rings. The number of carbonyl (C=O) groups excluding carboxylic acids is 2. The van der Waals surface area contributed by atoms with E-state index in [1.807, 2.05) is 20.8 Å². The Hall–Kier alpha value is -1.34. The maximum absolute atomic E-state index is 12.4. The summed E-state index contributed by atoms with van der Waals surface area (Å²) in [6, 6.07) is 0. The second kappa shape index (κ2) is 10.3. The Morgan fingerprint density at radius 1 is 1.00 bits per heavy atom. The molecule has 2 heterocycles. The van der Waals surface area contributed by atoms with Gasteiger partial charge in [0.15, 0.2) is 0 Å². The van der Waals surface area contributed by atoms with Crippen molar-refractivity contribution in [2.45, 2.75) is 52.6 Å². The first-order valence-corrected chi connectivity index (χ1v) is 10.5. The van der Waals surface area contributed by atoms with Crippen molar-refractivity contribution in [3.8, 4) is 0 Å². The molecule has 7 nitrogen and oxygen atoms in total. The number of amides is 2. The maximum Gasteiger partial charge on any atom is 0.410 e. The van der Waals surface area contributed by atoms with Crippen LogP contribution in [0.3, 0.4) is 0 Å². The quantitative estimate of drug-likeness (QED) is 0.710. The van der Waals surface area contributed by atoms with E-state index < -0.39 is 5.60 Å². The molecule has 2 amide bonds. The highest BCUT2D eigenvalue weighted by Gasteiger charge is 2.29. The van der Waals surface area contributed by atoms with Crippen LogP contribution in [-0.2, 0) is 9.53 Å². The topological polar surface area (TPSA) is 65.1 Å². The zero-order chi connectivity index (χ0) is 19.9.